The number of hydrogen-bond acceptors (Lipinski definition) is 2. The molecule has 52 valence electrons. The number of aliphatic imine (C=N–C) groups is 1. The van der Waals surface area contributed by atoms with Crippen LogP contribution in [0.3, 0.4) is 0 Å². The highest BCUT2D eigenvalue weighted by Gasteiger charge is 1.81. The summed E-state index contributed by atoms with van der Waals surface area (Å²) in [5.74, 6) is 0. The summed E-state index contributed by atoms with van der Waals surface area (Å²) in [5.41, 5.74) is 0.763. The third kappa shape index (κ3) is 5.03. The van der Waals surface area contributed by atoms with Crippen LogP contribution in [-0.4, -0.2) is 25.6 Å². The molecule has 0 radical (unpaired) electrons. The average molecular weight is 128 g/mol. The van der Waals surface area contributed by atoms with Gasteiger partial charge in [-0.25, -0.2) is 10.1 Å². The van der Waals surface area contributed by atoms with E-state index in [4.69, 9.17) is 4.84 Å². The molecule has 0 spiro atoms. The standard InChI is InChI=1S/C6H12N2O/c1-6(2)7-5-8(3)9-4/h5H,1H2,2-4H3. The quantitative estimate of drug-likeness (QED) is 0.322. The Labute approximate surface area is 55.6 Å². The predicted octanol–water partition coefficient (Wildman–Crippen LogP) is 1.04. The highest BCUT2D eigenvalue weighted by atomic mass is 16.7. The van der Waals surface area contributed by atoms with Crippen molar-refractivity contribution >= 4 is 6.34 Å². The van der Waals surface area contributed by atoms with Gasteiger partial charge >= 0.3 is 0 Å². The maximum atomic E-state index is 4.74. The molecule has 0 amide bonds. The Bertz CT molecular complexity index is 120. The summed E-state index contributed by atoms with van der Waals surface area (Å²) in [4.78, 5) is 8.62. The molecule has 0 aromatic rings. The van der Waals surface area contributed by atoms with Crippen molar-refractivity contribution in [3.8, 4) is 0 Å². The van der Waals surface area contributed by atoms with E-state index in [-0.39, 0.29) is 0 Å². The fraction of sp³-hybridized carbons (Fsp3) is 0.500. The van der Waals surface area contributed by atoms with E-state index in [0.717, 1.165) is 5.70 Å². The van der Waals surface area contributed by atoms with Crippen LogP contribution < -0.4 is 0 Å². The van der Waals surface area contributed by atoms with Gasteiger partial charge < -0.3 is 0 Å². The molecule has 0 aromatic heterocycles. The van der Waals surface area contributed by atoms with Gasteiger partial charge in [0.1, 0.15) is 6.34 Å². The number of rotatable bonds is 3. The van der Waals surface area contributed by atoms with Crippen LogP contribution in [0.1, 0.15) is 6.92 Å². The monoisotopic (exact) mass is 128 g/mol. The van der Waals surface area contributed by atoms with Crippen molar-refractivity contribution in [2.45, 2.75) is 6.92 Å². The van der Waals surface area contributed by atoms with E-state index in [9.17, 15) is 0 Å². The molecule has 0 heterocycles. The second-order valence-electron chi connectivity index (χ2n) is 1.71. The van der Waals surface area contributed by atoms with Crippen molar-refractivity contribution in [1.82, 2.24) is 5.06 Å². The third-order valence-electron chi connectivity index (χ3n) is 0.729. The van der Waals surface area contributed by atoms with Crippen LogP contribution in [0.15, 0.2) is 17.3 Å². The van der Waals surface area contributed by atoms with Crippen molar-refractivity contribution in [3.05, 3.63) is 12.3 Å². The maximum absolute atomic E-state index is 4.74. The largest absolute Gasteiger partial charge is 0.276 e. The second kappa shape index (κ2) is 4.09. The molecule has 0 aliphatic carbocycles. The number of allylic oxidation sites excluding steroid dienone is 1. The van der Waals surface area contributed by atoms with Crippen LogP contribution in [0.2, 0.25) is 0 Å². The lowest BCUT2D eigenvalue weighted by Crippen LogP contribution is -2.13. The van der Waals surface area contributed by atoms with Crippen molar-refractivity contribution in [2.24, 2.45) is 4.99 Å². The molecule has 0 N–H and O–H groups in total. The second-order valence-corrected chi connectivity index (χ2v) is 1.71. The van der Waals surface area contributed by atoms with Gasteiger partial charge in [0.2, 0.25) is 0 Å². The van der Waals surface area contributed by atoms with Gasteiger partial charge in [-0.1, -0.05) is 6.58 Å². The molecule has 0 atom stereocenters. The normalized spacial score (nSPS) is 10.1. The van der Waals surface area contributed by atoms with E-state index >= 15 is 0 Å². The minimum absolute atomic E-state index is 0.763. The summed E-state index contributed by atoms with van der Waals surface area (Å²) < 4.78 is 0. The fourth-order valence-corrected chi connectivity index (χ4v) is 0.227. The topological polar surface area (TPSA) is 24.8 Å². The first-order valence-electron chi connectivity index (χ1n) is 2.63. The average Bonchev–Trinajstić information content (AvgIpc) is 1.83. The van der Waals surface area contributed by atoms with Gasteiger partial charge in [-0.05, 0) is 6.92 Å². The number of hydrogen-bond donors (Lipinski definition) is 0. The van der Waals surface area contributed by atoms with Gasteiger partial charge in [0.15, 0.2) is 0 Å². The molecule has 0 saturated carbocycles. The van der Waals surface area contributed by atoms with Crippen LogP contribution >= 0.6 is 0 Å². The molecule has 0 bridgehead atoms. The number of nitrogens with zero attached hydrogens (tertiary/aromatic N) is 2. The Morgan fingerprint density at radius 2 is 2.33 bits per heavy atom. The molecular formula is C6H12N2O. The number of hydroxylamine groups is 2. The van der Waals surface area contributed by atoms with Crippen molar-refractivity contribution in [2.75, 3.05) is 14.2 Å². The molecule has 3 nitrogen and oxygen atoms in total. The molecule has 0 aliphatic rings. The summed E-state index contributed by atoms with van der Waals surface area (Å²) in [5, 5.41) is 1.49. The fourth-order valence-electron chi connectivity index (χ4n) is 0.227. The van der Waals surface area contributed by atoms with E-state index in [2.05, 4.69) is 11.6 Å². The zero-order valence-electron chi connectivity index (χ0n) is 6.09. The molecule has 0 fully saturated rings. The van der Waals surface area contributed by atoms with Gasteiger partial charge in [-0.15, -0.1) is 0 Å². The molecule has 3 heteroatoms. The van der Waals surface area contributed by atoms with Crippen molar-refractivity contribution in [1.29, 1.82) is 0 Å². The van der Waals surface area contributed by atoms with Gasteiger partial charge in [0, 0.05) is 12.7 Å². The zero-order valence-corrected chi connectivity index (χ0v) is 6.09. The molecule has 0 aliphatic heterocycles. The van der Waals surface area contributed by atoms with E-state index in [1.165, 1.54) is 5.06 Å². The predicted molar refractivity (Wildman–Crippen MR) is 38.1 cm³/mol. The van der Waals surface area contributed by atoms with E-state index in [1.54, 1.807) is 20.5 Å². The summed E-state index contributed by atoms with van der Waals surface area (Å²) >= 11 is 0. The Hall–Kier alpha value is -0.830. The first kappa shape index (κ1) is 8.17. The minimum Gasteiger partial charge on any atom is -0.276 e. The summed E-state index contributed by atoms with van der Waals surface area (Å²) in [7, 11) is 3.33. The first-order valence-corrected chi connectivity index (χ1v) is 2.63. The summed E-state index contributed by atoms with van der Waals surface area (Å²) in [6.07, 6.45) is 1.56. The molecule has 0 rings (SSSR count). The van der Waals surface area contributed by atoms with Crippen LogP contribution in [0, 0.1) is 0 Å². The van der Waals surface area contributed by atoms with Crippen LogP contribution in [0.4, 0.5) is 0 Å². The smallest absolute Gasteiger partial charge is 0.115 e. The Kier molecular flexibility index (Phi) is 3.71. The van der Waals surface area contributed by atoms with Crippen LogP contribution in [0.25, 0.3) is 0 Å². The van der Waals surface area contributed by atoms with E-state index < -0.39 is 0 Å². The van der Waals surface area contributed by atoms with E-state index in [1.807, 2.05) is 6.92 Å². The van der Waals surface area contributed by atoms with E-state index in [0.29, 0.717) is 0 Å². The van der Waals surface area contributed by atoms with Gasteiger partial charge in [0.25, 0.3) is 0 Å². The Balaban J connectivity index is 3.56. The first-order chi connectivity index (χ1) is 4.16. The Morgan fingerprint density at radius 3 is 2.67 bits per heavy atom. The Morgan fingerprint density at radius 1 is 1.78 bits per heavy atom. The lowest BCUT2D eigenvalue weighted by Gasteiger charge is -2.06. The van der Waals surface area contributed by atoms with Crippen molar-refractivity contribution in [3.63, 3.8) is 0 Å². The highest BCUT2D eigenvalue weighted by molar-refractivity contribution is 5.54. The lowest BCUT2D eigenvalue weighted by molar-refractivity contribution is -0.0363. The molecule has 0 saturated heterocycles. The van der Waals surface area contributed by atoms with Crippen molar-refractivity contribution < 1.29 is 4.84 Å². The van der Waals surface area contributed by atoms with Crippen LogP contribution in [-0.2, 0) is 4.84 Å². The van der Waals surface area contributed by atoms with Gasteiger partial charge in [0.05, 0.1) is 7.11 Å². The van der Waals surface area contributed by atoms with Crippen LogP contribution in [0.5, 0.6) is 0 Å². The SMILES string of the molecule is C=C(C)N=CN(C)OC. The molecule has 0 aromatic carbocycles. The molecule has 0 unspecified atom stereocenters. The lowest BCUT2D eigenvalue weighted by atomic mass is 10.6. The minimum atomic E-state index is 0.763. The zero-order chi connectivity index (χ0) is 7.28. The molecular weight excluding hydrogens is 116 g/mol. The highest BCUT2D eigenvalue weighted by Crippen LogP contribution is 1.86. The summed E-state index contributed by atoms with van der Waals surface area (Å²) in [6, 6.07) is 0. The maximum Gasteiger partial charge on any atom is 0.115 e. The summed E-state index contributed by atoms with van der Waals surface area (Å²) in [6.45, 7) is 5.40. The molecule has 9 heavy (non-hydrogen) atoms. The van der Waals surface area contributed by atoms with Gasteiger partial charge in [-0.2, -0.15) is 0 Å². The third-order valence-corrected chi connectivity index (χ3v) is 0.729. The van der Waals surface area contributed by atoms with Gasteiger partial charge in [-0.3, -0.25) is 4.84 Å².